The number of nitrogens with zero attached hydrogens (tertiary/aromatic N) is 1. The molecule has 3 amide bonds. The molecule has 6 nitrogen and oxygen atoms in total. The van der Waals surface area contributed by atoms with Crippen LogP contribution in [0.25, 0.3) is 0 Å². The van der Waals surface area contributed by atoms with Gasteiger partial charge in [0.2, 0.25) is 5.91 Å². The molecule has 1 aliphatic heterocycles. The molecule has 3 rings (SSSR count). The van der Waals surface area contributed by atoms with Crippen LogP contribution in [0.3, 0.4) is 0 Å². The fourth-order valence-electron chi connectivity index (χ4n) is 4.19. The van der Waals surface area contributed by atoms with Gasteiger partial charge in [-0.25, -0.2) is 8.78 Å². The largest absolute Gasteiger partial charge is 0.353 e. The summed E-state index contributed by atoms with van der Waals surface area (Å²) in [7, 11) is 0. The van der Waals surface area contributed by atoms with Crippen LogP contribution in [-0.4, -0.2) is 41.8 Å². The molecule has 188 valence electrons. The Morgan fingerprint density at radius 2 is 1.71 bits per heavy atom. The minimum atomic E-state index is -4.23. The van der Waals surface area contributed by atoms with Crippen molar-refractivity contribution >= 4 is 23.4 Å². The molecule has 2 N–H and O–H groups in total. The number of halogens is 4. The van der Waals surface area contributed by atoms with E-state index in [9.17, 15) is 23.2 Å². The van der Waals surface area contributed by atoms with E-state index >= 15 is 8.78 Å². The number of carbonyl (C=O) groups is 3. The van der Waals surface area contributed by atoms with E-state index in [1.807, 2.05) is 0 Å². The number of carbonyl (C=O) groups excluding carboxylic acids is 3. The molecule has 1 unspecified atom stereocenters. The maximum absolute atomic E-state index is 15.2. The van der Waals surface area contributed by atoms with E-state index in [0.29, 0.717) is 12.1 Å². The van der Waals surface area contributed by atoms with E-state index in [1.54, 1.807) is 13.8 Å². The van der Waals surface area contributed by atoms with Crippen LogP contribution in [0.1, 0.15) is 48.7 Å². The number of piperidine rings is 1. The monoisotopic (exact) mass is 493 g/mol. The third-order valence-electron chi connectivity index (χ3n) is 6.15. The van der Waals surface area contributed by atoms with Crippen molar-refractivity contribution in [1.82, 2.24) is 10.2 Å². The van der Waals surface area contributed by atoms with Crippen molar-refractivity contribution in [2.24, 2.45) is 5.41 Å². The van der Waals surface area contributed by atoms with Crippen molar-refractivity contribution in [3.8, 4) is 0 Å². The maximum atomic E-state index is 15.2. The quantitative estimate of drug-likeness (QED) is 0.607. The van der Waals surface area contributed by atoms with E-state index in [-0.39, 0.29) is 48.3 Å². The third-order valence-corrected chi connectivity index (χ3v) is 6.15. The van der Waals surface area contributed by atoms with Gasteiger partial charge < -0.3 is 15.5 Å². The van der Waals surface area contributed by atoms with E-state index < -0.39 is 40.3 Å². The number of alkyl halides is 2. The molecule has 0 aliphatic carbocycles. The van der Waals surface area contributed by atoms with E-state index in [4.69, 9.17) is 0 Å². The van der Waals surface area contributed by atoms with Gasteiger partial charge in [-0.1, -0.05) is 13.8 Å². The van der Waals surface area contributed by atoms with Gasteiger partial charge in [-0.05, 0) is 55.3 Å². The molecule has 2 aromatic carbocycles. The maximum Gasteiger partial charge on any atom is 0.352 e. The van der Waals surface area contributed by atoms with Gasteiger partial charge in [0.05, 0.1) is 5.56 Å². The van der Waals surface area contributed by atoms with Crippen LogP contribution in [0, 0.1) is 24.0 Å². The highest BCUT2D eigenvalue weighted by Gasteiger charge is 2.49. The standard InChI is InChI=1S/C25H27F4N3O3/c1-14-11-17(6-8-19(14)26)31-22(34)16-5-7-20(27)18(12-16)25(28,29)23(35)32-10-9-21(30-15(2)33)24(3,4)13-32/h5-8,11-12,21H,9-10,13H2,1-4H3,(H,30,33)(H,31,34). The van der Waals surface area contributed by atoms with Crippen LogP contribution in [0.15, 0.2) is 36.4 Å². The molecule has 1 saturated heterocycles. The second-order valence-electron chi connectivity index (χ2n) is 9.44. The molecule has 2 aromatic rings. The van der Waals surface area contributed by atoms with Crippen molar-refractivity contribution in [1.29, 1.82) is 0 Å². The summed E-state index contributed by atoms with van der Waals surface area (Å²) in [4.78, 5) is 37.8. The Labute approximate surface area is 200 Å². The zero-order valence-electron chi connectivity index (χ0n) is 19.8. The zero-order chi connectivity index (χ0) is 26.1. The molecule has 1 atom stereocenters. The molecule has 10 heteroatoms. The molecule has 1 fully saturated rings. The topological polar surface area (TPSA) is 78.5 Å². The number of likely N-dealkylation sites (tertiary alicyclic amines) is 1. The number of anilines is 1. The first-order chi connectivity index (χ1) is 16.2. The van der Waals surface area contributed by atoms with Gasteiger partial charge in [-0.2, -0.15) is 8.78 Å². The fraction of sp³-hybridized carbons (Fsp3) is 0.400. The summed E-state index contributed by atoms with van der Waals surface area (Å²) >= 11 is 0. The summed E-state index contributed by atoms with van der Waals surface area (Å²) in [6.45, 7) is 6.22. The lowest BCUT2D eigenvalue weighted by Crippen LogP contribution is -2.58. The lowest BCUT2D eigenvalue weighted by Gasteiger charge is -2.45. The number of amides is 3. The average molecular weight is 494 g/mol. The predicted octanol–water partition coefficient (Wildman–Crippen LogP) is 4.38. The lowest BCUT2D eigenvalue weighted by atomic mass is 9.78. The first-order valence-electron chi connectivity index (χ1n) is 11.0. The van der Waals surface area contributed by atoms with Crippen LogP contribution in [-0.2, 0) is 15.5 Å². The Bertz CT molecular complexity index is 1170. The molecular weight excluding hydrogens is 466 g/mol. The summed E-state index contributed by atoms with van der Waals surface area (Å²) < 4.78 is 58.4. The van der Waals surface area contributed by atoms with Crippen molar-refractivity contribution < 1.29 is 31.9 Å². The van der Waals surface area contributed by atoms with Gasteiger partial charge in [-0.15, -0.1) is 0 Å². The highest BCUT2D eigenvalue weighted by molar-refractivity contribution is 6.04. The van der Waals surface area contributed by atoms with Gasteiger partial charge in [0.15, 0.2) is 0 Å². The molecule has 0 radical (unpaired) electrons. The number of rotatable bonds is 5. The van der Waals surface area contributed by atoms with Gasteiger partial charge in [0, 0.05) is 42.7 Å². The Hall–Kier alpha value is -3.43. The Morgan fingerprint density at radius 3 is 2.31 bits per heavy atom. The number of nitrogens with one attached hydrogen (secondary N) is 2. The smallest absolute Gasteiger partial charge is 0.352 e. The summed E-state index contributed by atoms with van der Waals surface area (Å²) in [5.41, 5.74) is -1.70. The fourth-order valence-corrected chi connectivity index (χ4v) is 4.19. The third kappa shape index (κ3) is 5.63. The van der Waals surface area contributed by atoms with Crippen LogP contribution < -0.4 is 10.6 Å². The molecule has 0 saturated carbocycles. The highest BCUT2D eigenvalue weighted by atomic mass is 19.3. The van der Waals surface area contributed by atoms with Crippen LogP contribution in [0.5, 0.6) is 0 Å². The zero-order valence-corrected chi connectivity index (χ0v) is 19.8. The Kier molecular flexibility index (Phi) is 7.23. The Balaban J connectivity index is 1.82. The molecule has 35 heavy (non-hydrogen) atoms. The first-order valence-corrected chi connectivity index (χ1v) is 11.0. The number of hydrogen-bond donors (Lipinski definition) is 2. The second kappa shape index (κ2) is 9.67. The second-order valence-corrected chi connectivity index (χ2v) is 9.44. The summed E-state index contributed by atoms with van der Waals surface area (Å²) in [5.74, 6) is -8.71. The Morgan fingerprint density at radius 1 is 1.06 bits per heavy atom. The van der Waals surface area contributed by atoms with Crippen molar-refractivity contribution in [3.05, 3.63) is 64.7 Å². The SMILES string of the molecule is CC(=O)NC1CCN(C(=O)C(F)(F)c2cc(C(=O)Nc3ccc(F)c(C)c3)ccc2F)CC1(C)C. The average Bonchev–Trinajstić information content (AvgIpc) is 2.76. The van der Waals surface area contributed by atoms with Crippen molar-refractivity contribution in [2.75, 3.05) is 18.4 Å². The normalized spacial score (nSPS) is 17.6. The minimum Gasteiger partial charge on any atom is -0.353 e. The lowest BCUT2D eigenvalue weighted by molar-refractivity contribution is -0.163. The molecule has 0 bridgehead atoms. The molecule has 1 aliphatic rings. The van der Waals surface area contributed by atoms with Crippen molar-refractivity contribution in [2.45, 2.75) is 46.1 Å². The minimum absolute atomic E-state index is 0.0471. The van der Waals surface area contributed by atoms with E-state index in [2.05, 4.69) is 10.6 Å². The van der Waals surface area contributed by atoms with Gasteiger partial charge in [-0.3, -0.25) is 14.4 Å². The number of benzene rings is 2. The highest BCUT2D eigenvalue weighted by Crippen LogP contribution is 2.37. The first kappa shape index (κ1) is 26.2. The number of hydrogen-bond acceptors (Lipinski definition) is 3. The number of aryl methyl sites for hydroxylation is 1. The van der Waals surface area contributed by atoms with Crippen LogP contribution in [0.2, 0.25) is 0 Å². The van der Waals surface area contributed by atoms with Gasteiger partial charge in [0.25, 0.3) is 11.8 Å². The molecule has 0 aromatic heterocycles. The summed E-state index contributed by atoms with van der Waals surface area (Å²) in [6, 6.07) is 5.87. The summed E-state index contributed by atoms with van der Waals surface area (Å²) in [5, 5.41) is 5.21. The van der Waals surface area contributed by atoms with E-state index in [1.165, 1.54) is 26.0 Å². The van der Waals surface area contributed by atoms with Gasteiger partial charge >= 0.3 is 5.92 Å². The summed E-state index contributed by atoms with van der Waals surface area (Å²) in [6.07, 6.45) is 0.260. The molecule has 0 spiro atoms. The van der Waals surface area contributed by atoms with Crippen molar-refractivity contribution in [3.63, 3.8) is 0 Å². The molecular formula is C25H27F4N3O3. The van der Waals surface area contributed by atoms with Crippen LogP contribution in [0.4, 0.5) is 23.2 Å². The van der Waals surface area contributed by atoms with E-state index in [0.717, 1.165) is 17.0 Å². The van der Waals surface area contributed by atoms with Crippen LogP contribution >= 0.6 is 0 Å². The van der Waals surface area contributed by atoms with Gasteiger partial charge in [0.1, 0.15) is 11.6 Å². The predicted molar refractivity (Wildman–Crippen MR) is 122 cm³/mol. The molecule has 1 heterocycles.